The third-order valence-electron chi connectivity index (χ3n) is 4.90. The summed E-state index contributed by atoms with van der Waals surface area (Å²) in [5.74, 6) is 0.891. The number of hydrogen-bond acceptors (Lipinski definition) is 3. The van der Waals surface area contributed by atoms with E-state index >= 15 is 0 Å². The van der Waals surface area contributed by atoms with Gasteiger partial charge in [0.1, 0.15) is 11.9 Å². The molecule has 3 rings (SSSR count). The van der Waals surface area contributed by atoms with E-state index in [4.69, 9.17) is 4.98 Å². The van der Waals surface area contributed by atoms with E-state index in [1.54, 1.807) is 0 Å². The summed E-state index contributed by atoms with van der Waals surface area (Å²) in [5.41, 5.74) is 1.08. The minimum absolute atomic E-state index is 0.411. The van der Waals surface area contributed by atoms with Gasteiger partial charge >= 0.3 is 5.97 Å². The number of nitrogens with zero attached hydrogens (tertiary/aromatic N) is 3. The zero-order valence-corrected chi connectivity index (χ0v) is 13.0. The summed E-state index contributed by atoms with van der Waals surface area (Å²) in [6.07, 6.45) is 6.76. The molecule has 5 heteroatoms. The zero-order chi connectivity index (χ0) is 15.0. The number of fused-ring (bicyclic) bond motifs is 1. The first-order chi connectivity index (χ1) is 10.0. The second kappa shape index (κ2) is 5.79. The van der Waals surface area contributed by atoms with E-state index in [-0.39, 0.29) is 0 Å². The Kier molecular flexibility index (Phi) is 4.02. The Morgan fingerprint density at radius 3 is 2.95 bits per heavy atom. The van der Waals surface area contributed by atoms with Gasteiger partial charge in [-0.1, -0.05) is 0 Å². The van der Waals surface area contributed by atoms with Gasteiger partial charge in [-0.05, 0) is 52.0 Å². The molecule has 2 aliphatic rings. The van der Waals surface area contributed by atoms with Gasteiger partial charge in [0.05, 0.1) is 5.69 Å². The fourth-order valence-corrected chi connectivity index (χ4v) is 3.67. The third-order valence-corrected chi connectivity index (χ3v) is 4.90. The van der Waals surface area contributed by atoms with Gasteiger partial charge in [0.25, 0.3) is 0 Å². The van der Waals surface area contributed by atoms with Crippen molar-refractivity contribution in [2.24, 2.45) is 5.92 Å². The van der Waals surface area contributed by atoms with Crippen LogP contribution in [-0.2, 0) is 17.6 Å². The number of carbonyl (C=O) groups is 1. The molecule has 0 radical (unpaired) electrons. The minimum Gasteiger partial charge on any atom is -0.480 e. The number of likely N-dealkylation sites (tertiary alicyclic amines) is 1. The average Bonchev–Trinajstić information content (AvgIpc) is 3.04. The van der Waals surface area contributed by atoms with Crippen molar-refractivity contribution in [2.45, 2.75) is 58.0 Å². The standard InChI is InChI=1S/C16H25N3O2/c1-11(2)18-7-6-12(9-18)8-13-10-19-14(16(20)21)4-3-5-15(19)17-13/h10-12,14H,3-9H2,1-2H3,(H,20,21). The number of rotatable bonds is 4. The van der Waals surface area contributed by atoms with Crippen LogP contribution in [0.15, 0.2) is 6.20 Å². The molecule has 2 atom stereocenters. The smallest absolute Gasteiger partial charge is 0.326 e. The van der Waals surface area contributed by atoms with Gasteiger partial charge < -0.3 is 14.6 Å². The van der Waals surface area contributed by atoms with E-state index in [0.29, 0.717) is 12.0 Å². The molecule has 1 fully saturated rings. The van der Waals surface area contributed by atoms with Gasteiger partial charge in [-0.15, -0.1) is 0 Å². The van der Waals surface area contributed by atoms with E-state index in [0.717, 1.165) is 43.7 Å². The Morgan fingerprint density at radius 2 is 2.29 bits per heavy atom. The SMILES string of the molecule is CC(C)N1CCC(Cc2cn3c(n2)CCCC3C(=O)O)C1. The maximum absolute atomic E-state index is 11.3. The molecular formula is C16H25N3O2. The Labute approximate surface area is 126 Å². The van der Waals surface area contributed by atoms with Crippen LogP contribution in [0, 0.1) is 5.92 Å². The molecule has 0 bridgehead atoms. The van der Waals surface area contributed by atoms with Crippen LogP contribution in [0.5, 0.6) is 0 Å². The van der Waals surface area contributed by atoms with Crippen LogP contribution in [0.2, 0.25) is 0 Å². The molecular weight excluding hydrogens is 266 g/mol. The Bertz CT molecular complexity index is 524. The molecule has 2 aliphatic heterocycles. The lowest BCUT2D eigenvalue weighted by Gasteiger charge is -2.21. The molecule has 1 saturated heterocycles. The van der Waals surface area contributed by atoms with Crippen molar-refractivity contribution in [3.05, 3.63) is 17.7 Å². The summed E-state index contributed by atoms with van der Waals surface area (Å²) in [4.78, 5) is 18.5. The first kappa shape index (κ1) is 14.6. The van der Waals surface area contributed by atoms with Crippen molar-refractivity contribution in [1.29, 1.82) is 0 Å². The lowest BCUT2D eigenvalue weighted by atomic mass is 10.0. The lowest BCUT2D eigenvalue weighted by Crippen LogP contribution is -2.28. The third kappa shape index (κ3) is 2.98. The Balaban J connectivity index is 1.69. The van der Waals surface area contributed by atoms with Crippen LogP contribution in [0.3, 0.4) is 0 Å². The van der Waals surface area contributed by atoms with Crippen LogP contribution < -0.4 is 0 Å². The van der Waals surface area contributed by atoms with E-state index in [9.17, 15) is 9.90 Å². The highest BCUT2D eigenvalue weighted by molar-refractivity contribution is 5.72. The predicted octanol–water partition coefficient (Wildman–Crippen LogP) is 2.12. The van der Waals surface area contributed by atoms with E-state index in [1.807, 2.05) is 10.8 Å². The molecule has 0 saturated carbocycles. The highest BCUT2D eigenvalue weighted by Crippen LogP contribution is 2.27. The van der Waals surface area contributed by atoms with Crippen LogP contribution in [-0.4, -0.2) is 44.7 Å². The maximum atomic E-state index is 11.3. The number of carboxylic acids is 1. The summed E-state index contributed by atoms with van der Waals surface area (Å²) in [7, 11) is 0. The Hall–Kier alpha value is -1.36. The number of aliphatic carboxylic acids is 1. The van der Waals surface area contributed by atoms with Crippen LogP contribution in [0.25, 0.3) is 0 Å². The topological polar surface area (TPSA) is 58.4 Å². The van der Waals surface area contributed by atoms with Gasteiger partial charge in [0.15, 0.2) is 0 Å². The van der Waals surface area contributed by atoms with Gasteiger partial charge in [-0.3, -0.25) is 0 Å². The molecule has 0 aliphatic carbocycles. The summed E-state index contributed by atoms with van der Waals surface area (Å²) >= 11 is 0. The molecule has 0 amide bonds. The van der Waals surface area contributed by atoms with Gasteiger partial charge in [0.2, 0.25) is 0 Å². The first-order valence-corrected chi connectivity index (χ1v) is 8.08. The van der Waals surface area contributed by atoms with Crippen molar-refractivity contribution >= 4 is 5.97 Å². The second-order valence-electron chi connectivity index (χ2n) is 6.75. The number of carboxylic acid groups (broad SMARTS) is 1. The molecule has 1 N–H and O–H groups in total. The van der Waals surface area contributed by atoms with Crippen molar-refractivity contribution in [2.75, 3.05) is 13.1 Å². The minimum atomic E-state index is -0.730. The molecule has 1 aromatic heterocycles. The van der Waals surface area contributed by atoms with Gasteiger partial charge in [0, 0.05) is 25.2 Å². The number of hydrogen-bond donors (Lipinski definition) is 1. The summed E-state index contributed by atoms with van der Waals surface area (Å²) in [5, 5.41) is 9.32. The highest BCUT2D eigenvalue weighted by Gasteiger charge is 2.29. The lowest BCUT2D eigenvalue weighted by molar-refractivity contribution is -0.141. The Morgan fingerprint density at radius 1 is 1.48 bits per heavy atom. The van der Waals surface area contributed by atoms with Crippen LogP contribution in [0.4, 0.5) is 0 Å². The van der Waals surface area contributed by atoms with Gasteiger partial charge in [-0.2, -0.15) is 0 Å². The molecule has 0 aromatic carbocycles. The summed E-state index contributed by atoms with van der Waals surface area (Å²) < 4.78 is 1.90. The number of aromatic nitrogens is 2. The van der Waals surface area contributed by atoms with Crippen molar-refractivity contribution in [3.63, 3.8) is 0 Å². The highest BCUT2D eigenvalue weighted by atomic mass is 16.4. The van der Waals surface area contributed by atoms with Crippen LogP contribution >= 0.6 is 0 Å². The van der Waals surface area contributed by atoms with Crippen molar-refractivity contribution in [1.82, 2.24) is 14.5 Å². The first-order valence-electron chi connectivity index (χ1n) is 8.08. The summed E-state index contributed by atoms with van der Waals surface area (Å²) in [6, 6.07) is 0.201. The summed E-state index contributed by atoms with van der Waals surface area (Å²) in [6.45, 7) is 6.81. The largest absolute Gasteiger partial charge is 0.480 e. The molecule has 3 heterocycles. The fraction of sp³-hybridized carbons (Fsp3) is 0.750. The van der Waals surface area contributed by atoms with Crippen molar-refractivity contribution in [3.8, 4) is 0 Å². The van der Waals surface area contributed by atoms with Gasteiger partial charge in [-0.25, -0.2) is 9.78 Å². The molecule has 1 aromatic rings. The molecule has 21 heavy (non-hydrogen) atoms. The van der Waals surface area contributed by atoms with Crippen molar-refractivity contribution < 1.29 is 9.90 Å². The molecule has 2 unspecified atom stereocenters. The molecule has 5 nitrogen and oxygen atoms in total. The quantitative estimate of drug-likeness (QED) is 0.923. The van der Waals surface area contributed by atoms with E-state index < -0.39 is 12.0 Å². The molecule has 116 valence electrons. The predicted molar refractivity (Wildman–Crippen MR) is 80.4 cm³/mol. The van der Waals surface area contributed by atoms with E-state index in [1.165, 1.54) is 13.0 Å². The second-order valence-corrected chi connectivity index (χ2v) is 6.75. The van der Waals surface area contributed by atoms with E-state index in [2.05, 4.69) is 18.7 Å². The fourth-order valence-electron chi connectivity index (χ4n) is 3.67. The number of aryl methyl sites for hydroxylation is 1. The maximum Gasteiger partial charge on any atom is 0.326 e. The average molecular weight is 291 g/mol. The zero-order valence-electron chi connectivity index (χ0n) is 13.0. The monoisotopic (exact) mass is 291 g/mol. The van der Waals surface area contributed by atoms with Crippen LogP contribution in [0.1, 0.15) is 50.7 Å². The number of imidazole rings is 1. The normalized spacial score (nSPS) is 26.2. The molecule has 0 spiro atoms.